The zero-order chi connectivity index (χ0) is 9.68. The van der Waals surface area contributed by atoms with Crippen LogP contribution in [0.1, 0.15) is 23.5 Å². The van der Waals surface area contributed by atoms with Crippen LogP contribution in [0.4, 0.5) is 5.13 Å². The Morgan fingerprint density at radius 2 is 2.46 bits per heavy atom. The molecule has 0 radical (unpaired) electrons. The van der Waals surface area contributed by atoms with Gasteiger partial charge in [-0.15, -0.1) is 0 Å². The topological polar surface area (TPSA) is 51.2 Å². The van der Waals surface area contributed by atoms with E-state index in [1.165, 1.54) is 17.5 Å². The Bertz CT molecular complexity index is 285. The standard InChI is InChI=1S/C8H12N2O2S/c1-3-9-8-10-5-6(13-8)7(11)12-4-2/h5H,3-4H2,1-2H3,(H,9,10). The van der Waals surface area contributed by atoms with Crippen molar-refractivity contribution in [3.8, 4) is 0 Å². The average Bonchev–Trinajstić information content (AvgIpc) is 2.54. The van der Waals surface area contributed by atoms with Crippen molar-refractivity contribution >= 4 is 22.4 Å². The molecule has 1 aromatic rings. The van der Waals surface area contributed by atoms with E-state index in [9.17, 15) is 4.79 Å². The van der Waals surface area contributed by atoms with Gasteiger partial charge in [0.1, 0.15) is 4.88 Å². The first kappa shape index (κ1) is 9.98. The summed E-state index contributed by atoms with van der Waals surface area (Å²) in [6.45, 7) is 4.96. The third-order valence-corrected chi connectivity index (χ3v) is 2.25. The van der Waals surface area contributed by atoms with Gasteiger partial charge in [0.05, 0.1) is 12.8 Å². The molecule has 0 fully saturated rings. The highest BCUT2D eigenvalue weighted by Crippen LogP contribution is 2.18. The van der Waals surface area contributed by atoms with Gasteiger partial charge < -0.3 is 10.1 Å². The van der Waals surface area contributed by atoms with Crippen molar-refractivity contribution in [3.05, 3.63) is 11.1 Å². The minimum absolute atomic E-state index is 0.302. The van der Waals surface area contributed by atoms with Crippen LogP contribution in [0.15, 0.2) is 6.20 Å². The molecule has 1 N–H and O–H groups in total. The van der Waals surface area contributed by atoms with E-state index in [0.717, 1.165) is 11.7 Å². The van der Waals surface area contributed by atoms with Gasteiger partial charge in [0.2, 0.25) is 0 Å². The van der Waals surface area contributed by atoms with E-state index in [4.69, 9.17) is 4.74 Å². The number of aromatic nitrogens is 1. The fraction of sp³-hybridized carbons (Fsp3) is 0.500. The molecule has 13 heavy (non-hydrogen) atoms. The molecule has 0 aliphatic heterocycles. The van der Waals surface area contributed by atoms with Crippen LogP contribution >= 0.6 is 11.3 Å². The van der Waals surface area contributed by atoms with Gasteiger partial charge in [-0.3, -0.25) is 0 Å². The van der Waals surface area contributed by atoms with E-state index in [0.29, 0.717) is 11.5 Å². The van der Waals surface area contributed by atoms with Crippen molar-refractivity contribution < 1.29 is 9.53 Å². The van der Waals surface area contributed by atoms with Crippen molar-refractivity contribution in [2.75, 3.05) is 18.5 Å². The van der Waals surface area contributed by atoms with Crippen molar-refractivity contribution in [1.82, 2.24) is 4.98 Å². The Kier molecular flexibility index (Phi) is 3.70. The second kappa shape index (κ2) is 4.81. The molecule has 1 aromatic heterocycles. The summed E-state index contributed by atoms with van der Waals surface area (Å²) in [6, 6.07) is 0. The summed E-state index contributed by atoms with van der Waals surface area (Å²) < 4.78 is 4.82. The molecule has 0 unspecified atom stereocenters. The number of anilines is 1. The number of nitrogens with zero attached hydrogens (tertiary/aromatic N) is 1. The molecule has 0 aliphatic rings. The smallest absolute Gasteiger partial charge is 0.350 e. The summed E-state index contributed by atoms with van der Waals surface area (Å²) in [4.78, 5) is 15.7. The third kappa shape index (κ3) is 2.69. The minimum atomic E-state index is -0.302. The zero-order valence-electron chi connectivity index (χ0n) is 7.66. The van der Waals surface area contributed by atoms with Crippen LogP contribution in [0.25, 0.3) is 0 Å². The number of ether oxygens (including phenoxy) is 1. The molecule has 0 atom stereocenters. The van der Waals surface area contributed by atoms with E-state index in [2.05, 4.69) is 10.3 Å². The van der Waals surface area contributed by atoms with E-state index in [1.807, 2.05) is 6.92 Å². The highest BCUT2D eigenvalue weighted by molar-refractivity contribution is 7.17. The third-order valence-electron chi connectivity index (χ3n) is 1.31. The van der Waals surface area contributed by atoms with E-state index < -0.39 is 0 Å². The van der Waals surface area contributed by atoms with Crippen LogP contribution in [0.3, 0.4) is 0 Å². The normalized spacial score (nSPS) is 9.69. The predicted octanol–water partition coefficient (Wildman–Crippen LogP) is 1.75. The van der Waals surface area contributed by atoms with Gasteiger partial charge in [-0.25, -0.2) is 9.78 Å². The quantitative estimate of drug-likeness (QED) is 0.752. The second-order valence-electron chi connectivity index (χ2n) is 2.28. The first-order chi connectivity index (χ1) is 6.27. The van der Waals surface area contributed by atoms with Crippen LogP contribution in [-0.4, -0.2) is 24.1 Å². The predicted molar refractivity (Wildman–Crippen MR) is 52.2 cm³/mol. The van der Waals surface area contributed by atoms with Crippen LogP contribution in [0, 0.1) is 0 Å². The van der Waals surface area contributed by atoms with Crippen LogP contribution < -0.4 is 5.32 Å². The fourth-order valence-electron chi connectivity index (χ4n) is 0.804. The summed E-state index contributed by atoms with van der Waals surface area (Å²) >= 11 is 1.31. The lowest BCUT2D eigenvalue weighted by atomic mass is 10.6. The molecule has 0 spiro atoms. The molecular formula is C8H12N2O2S. The number of esters is 1. The lowest BCUT2D eigenvalue weighted by molar-refractivity contribution is 0.0532. The Balaban J connectivity index is 2.62. The highest BCUT2D eigenvalue weighted by atomic mass is 32.1. The molecule has 0 amide bonds. The van der Waals surface area contributed by atoms with Gasteiger partial charge in [-0.1, -0.05) is 11.3 Å². The average molecular weight is 200 g/mol. The molecule has 0 saturated heterocycles. The van der Waals surface area contributed by atoms with Crippen LogP contribution in [0.2, 0.25) is 0 Å². The molecule has 1 rings (SSSR count). The summed E-state index contributed by atoms with van der Waals surface area (Å²) in [5, 5.41) is 3.78. The van der Waals surface area contributed by atoms with Gasteiger partial charge in [0.15, 0.2) is 5.13 Å². The Labute approximate surface area is 80.9 Å². The van der Waals surface area contributed by atoms with Crippen molar-refractivity contribution in [2.24, 2.45) is 0 Å². The molecule has 0 aliphatic carbocycles. The first-order valence-corrected chi connectivity index (χ1v) is 4.96. The van der Waals surface area contributed by atoms with Gasteiger partial charge in [-0.2, -0.15) is 0 Å². The fourth-order valence-corrected chi connectivity index (χ4v) is 1.58. The summed E-state index contributed by atoms with van der Waals surface area (Å²) in [7, 11) is 0. The van der Waals surface area contributed by atoms with E-state index >= 15 is 0 Å². The number of rotatable bonds is 4. The summed E-state index contributed by atoms with van der Waals surface area (Å²) in [5.74, 6) is -0.302. The Hall–Kier alpha value is -1.10. The lowest BCUT2D eigenvalue weighted by Crippen LogP contribution is -2.01. The van der Waals surface area contributed by atoms with Crippen molar-refractivity contribution in [3.63, 3.8) is 0 Å². The molecule has 0 bridgehead atoms. The molecule has 0 saturated carbocycles. The van der Waals surface area contributed by atoms with Gasteiger partial charge >= 0.3 is 5.97 Å². The number of carbonyl (C=O) groups is 1. The molecule has 5 heteroatoms. The molecular weight excluding hydrogens is 188 g/mol. The van der Waals surface area contributed by atoms with Gasteiger partial charge in [0, 0.05) is 6.54 Å². The number of thiazole rings is 1. The minimum Gasteiger partial charge on any atom is -0.462 e. The van der Waals surface area contributed by atoms with E-state index in [1.54, 1.807) is 6.92 Å². The number of hydrogen-bond donors (Lipinski definition) is 1. The van der Waals surface area contributed by atoms with E-state index in [-0.39, 0.29) is 5.97 Å². The zero-order valence-corrected chi connectivity index (χ0v) is 8.48. The van der Waals surface area contributed by atoms with Gasteiger partial charge in [0.25, 0.3) is 0 Å². The number of nitrogens with one attached hydrogen (secondary N) is 1. The van der Waals surface area contributed by atoms with Crippen molar-refractivity contribution in [1.29, 1.82) is 0 Å². The SMILES string of the molecule is CCNc1ncc(C(=O)OCC)s1. The molecule has 72 valence electrons. The Morgan fingerprint density at radius 3 is 3.08 bits per heavy atom. The summed E-state index contributed by atoms with van der Waals surface area (Å²) in [6.07, 6.45) is 1.53. The van der Waals surface area contributed by atoms with Crippen LogP contribution in [-0.2, 0) is 4.74 Å². The Morgan fingerprint density at radius 1 is 1.69 bits per heavy atom. The number of carbonyl (C=O) groups excluding carboxylic acids is 1. The maximum atomic E-state index is 11.2. The largest absolute Gasteiger partial charge is 0.462 e. The maximum Gasteiger partial charge on any atom is 0.350 e. The lowest BCUT2D eigenvalue weighted by Gasteiger charge is -1.96. The highest BCUT2D eigenvalue weighted by Gasteiger charge is 2.10. The second-order valence-corrected chi connectivity index (χ2v) is 3.31. The first-order valence-electron chi connectivity index (χ1n) is 4.14. The van der Waals surface area contributed by atoms with Crippen LogP contribution in [0.5, 0.6) is 0 Å². The monoisotopic (exact) mass is 200 g/mol. The molecule has 1 heterocycles. The number of hydrogen-bond acceptors (Lipinski definition) is 5. The molecule has 0 aromatic carbocycles. The summed E-state index contributed by atoms with van der Waals surface area (Å²) in [5.41, 5.74) is 0. The van der Waals surface area contributed by atoms with Crippen molar-refractivity contribution in [2.45, 2.75) is 13.8 Å². The molecule has 4 nitrogen and oxygen atoms in total. The maximum absolute atomic E-state index is 11.2. The van der Waals surface area contributed by atoms with Gasteiger partial charge in [-0.05, 0) is 13.8 Å².